The van der Waals surface area contributed by atoms with Crippen LogP contribution in [0.25, 0.3) is 0 Å². The first kappa shape index (κ1) is 11.9. The molecule has 1 aliphatic heterocycles. The highest BCUT2D eigenvalue weighted by atomic mass is 35.5. The maximum absolute atomic E-state index is 6.14. The lowest BCUT2D eigenvalue weighted by Crippen LogP contribution is -2.33. The molecule has 1 aliphatic carbocycles. The third kappa shape index (κ3) is 2.47. The second-order valence-corrected chi connectivity index (χ2v) is 5.17. The van der Waals surface area contributed by atoms with Crippen LogP contribution in [-0.4, -0.2) is 28.0 Å². The molecule has 0 saturated carbocycles. The quantitative estimate of drug-likeness (QED) is 0.767. The molecule has 0 bridgehead atoms. The summed E-state index contributed by atoms with van der Waals surface area (Å²) in [6.45, 7) is 2.91. The Kier molecular flexibility index (Phi) is 3.43. The largest absolute Gasteiger partial charge is 0.294 e. The molecule has 0 aromatic carbocycles. The van der Waals surface area contributed by atoms with Gasteiger partial charge in [0, 0.05) is 31.6 Å². The number of allylic oxidation sites excluding steroid dienone is 2. The molecule has 0 fully saturated rings. The summed E-state index contributed by atoms with van der Waals surface area (Å²) < 4.78 is 0. The number of fused-ring (bicyclic) bond motifs is 1. The first-order valence-corrected chi connectivity index (χ1v) is 6.77. The van der Waals surface area contributed by atoms with Gasteiger partial charge in [0.05, 0.1) is 5.69 Å². The highest BCUT2D eigenvalue weighted by molar-refractivity contribution is 6.30. The van der Waals surface area contributed by atoms with Crippen molar-refractivity contribution < 1.29 is 0 Å². The molecule has 4 heteroatoms. The van der Waals surface area contributed by atoms with Gasteiger partial charge in [0.2, 0.25) is 0 Å². The number of nitrogens with zero attached hydrogens (tertiary/aromatic N) is 3. The van der Waals surface area contributed by atoms with Crippen LogP contribution in [0.15, 0.2) is 30.1 Å². The van der Waals surface area contributed by atoms with E-state index in [0.29, 0.717) is 5.15 Å². The van der Waals surface area contributed by atoms with Gasteiger partial charge in [-0.2, -0.15) is 0 Å². The van der Waals surface area contributed by atoms with Gasteiger partial charge in [0.15, 0.2) is 0 Å². The fourth-order valence-electron chi connectivity index (χ4n) is 2.54. The van der Waals surface area contributed by atoms with Crippen LogP contribution >= 0.6 is 11.6 Å². The van der Waals surface area contributed by atoms with Crippen molar-refractivity contribution in [2.75, 3.05) is 13.1 Å². The van der Waals surface area contributed by atoms with E-state index < -0.39 is 0 Å². The minimum absolute atomic E-state index is 0.609. The van der Waals surface area contributed by atoms with Crippen molar-refractivity contribution in [2.45, 2.75) is 25.8 Å². The van der Waals surface area contributed by atoms with E-state index in [1.807, 2.05) is 0 Å². The van der Waals surface area contributed by atoms with Crippen LogP contribution in [0.1, 0.15) is 24.1 Å². The molecule has 3 rings (SSSR count). The lowest BCUT2D eigenvalue weighted by atomic mass is 10.0. The maximum Gasteiger partial charge on any atom is 0.137 e. The number of aromatic nitrogens is 2. The number of hydrogen-bond donors (Lipinski definition) is 0. The Morgan fingerprint density at radius 3 is 3.06 bits per heavy atom. The molecule has 2 aliphatic rings. The van der Waals surface area contributed by atoms with E-state index in [1.165, 1.54) is 18.4 Å². The summed E-state index contributed by atoms with van der Waals surface area (Å²) in [5, 5.41) is 0.609. The Hall–Kier alpha value is -1.19. The van der Waals surface area contributed by atoms with Crippen molar-refractivity contribution in [1.82, 2.24) is 14.9 Å². The van der Waals surface area contributed by atoms with Crippen LogP contribution in [0.5, 0.6) is 0 Å². The second kappa shape index (κ2) is 5.21. The lowest BCUT2D eigenvalue weighted by Gasteiger charge is -2.28. The van der Waals surface area contributed by atoms with Gasteiger partial charge in [-0.05, 0) is 18.4 Å². The van der Waals surface area contributed by atoms with Crippen molar-refractivity contribution in [1.29, 1.82) is 0 Å². The molecule has 0 saturated heterocycles. The third-order valence-corrected chi connectivity index (χ3v) is 3.83. The average molecular weight is 262 g/mol. The number of hydrogen-bond acceptors (Lipinski definition) is 3. The van der Waals surface area contributed by atoms with Gasteiger partial charge in [-0.3, -0.25) is 4.90 Å². The smallest absolute Gasteiger partial charge is 0.137 e. The summed E-state index contributed by atoms with van der Waals surface area (Å²) in [4.78, 5) is 10.8. The Bertz CT molecular complexity index is 508. The summed E-state index contributed by atoms with van der Waals surface area (Å²) in [5.74, 6) is 0. The number of rotatable bonds is 2. The van der Waals surface area contributed by atoms with Gasteiger partial charge in [-0.1, -0.05) is 29.8 Å². The lowest BCUT2D eigenvalue weighted by molar-refractivity contribution is 0.274. The van der Waals surface area contributed by atoms with Crippen molar-refractivity contribution in [3.63, 3.8) is 0 Å². The molecule has 2 heterocycles. The summed E-state index contributed by atoms with van der Waals surface area (Å²) in [7, 11) is 0. The zero-order valence-electron chi connectivity index (χ0n) is 10.3. The van der Waals surface area contributed by atoms with Crippen LogP contribution in [0.2, 0.25) is 5.15 Å². The van der Waals surface area contributed by atoms with Crippen LogP contribution < -0.4 is 0 Å². The van der Waals surface area contributed by atoms with E-state index in [-0.39, 0.29) is 0 Å². The zero-order valence-corrected chi connectivity index (χ0v) is 11.0. The highest BCUT2D eigenvalue weighted by Crippen LogP contribution is 2.23. The van der Waals surface area contributed by atoms with E-state index in [4.69, 9.17) is 11.6 Å². The number of halogens is 1. The Labute approximate surface area is 112 Å². The van der Waals surface area contributed by atoms with E-state index in [9.17, 15) is 0 Å². The minimum atomic E-state index is 0.609. The molecule has 0 atom stereocenters. The summed E-state index contributed by atoms with van der Waals surface area (Å²) in [6.07, 6.45) is 11.7. The maximum atomic E-state index is 6.14. The normalized spacial score (nSPS) is 19.5. The summed E-state index contributed by atoms with van der Waals surface area (Å²) in [6, 6.07) is 0. The molecule has 18 heavy (non-hydrogen) atoms. The third-order valence-electron chi connectivity index (χ3n) is 3.51. The van der Waals surface area contributed by atoms with Crippen LogP contribution in [0, 0.1) is 0 Å². The molecule has 1 aromatic rings. The predicted octanol–water partition coefficient (Wildman–Crippen LogP) is 2.76. The highest BCUT2D eigenvalue weighted by Gasteiger charge is 2.20. The van der Waals surface area contributed by atoms with Crippen molar-refractivity contribution in [3.8, 4) is 0 Å². The van der Waals surface area contributed by atoms with Crippen LogP contribution in [0.4, 0.5) is 0 Å². The molecule has 0 radical (unpaired) electrons. The fraction of sp³-hybridized carbons (Fsp3) is 0.429. The van der Waals surface area contributed by atoms with Gasteiger partial charge in [-0.15, -0.1) is 0 Å². The molecule has 3 nitrogen and oxygen atoms in total. The van der Waals surface area contributed by atoms with E-state index >= 15 is 0 Å². The van der Waals surface area contributed by atoms with E-state index in [1.54, 1.807) is 6.33 Å². The standard InChI is InChI=1S/C14H16ClN3/c15-14-12-9-18(7-6-13(12)16-10-17-14)8-11-4-2-1-3-5-11/h2,4-5,10H,1,3,6-9H2. The minimum Gasteiger partial charge on any atom is -0.294 e. The van der Waals surface area contributed by atoms with Gasteiger partial charge < -0.3 is 0 Å². The zero-order chi connectivity index (χ0) is 12.4. The Balaban J connectivity index is 1.73. The Morgan fingerprint density at radius 1 is 1.28 bits per heavy atom. The van der Waals surface area contributed by atoms with Gasteiger partial charge in [0.1, 0.15) is 11.5 Å². The monoisotopic (exact) mass is 261 g/mol. The molecule has 0 amide bonds. The van der Waals surface area contributed by atoms with Crippen molar-refractivity contribution in [3.05, 3.63) is 46.5 Å². The first-order chi connectivity index (χ1) is 8.83. The van der Waals surface area contributed by atoms with Gasteiger partial charge in [0.25, 0.3) is 0 Å². The fourth-order valence-corrected chi connectivity index (χ4v) is 2.75. The molecule has 0 N–H and O–H groups in total. The van der Waals surface area contributed by atoms with Crippen molar-refractivity contribution >= 4 is 11.6 Å². The van der Waals surface area contributed by atoms with Gasteiger partial charge in [-0.25, -0.2) is 9.97 Å². The predicted molar refractivity (Wildman–Crippen MR) is 72.5 cm³/mol. The van der Waals surface area contributed by atoms with Crippen LogP contribution in [0.3, 0.4) is 0 Å². The summed E-state index contributed by atoms with van der Waals surface area (Å²) >= 11 is 6.14. The molecule has 0 unspecified atom stereocenters. The topological polar surface area (TPSA) is 29.0 Å². The van der Waals surface area contributed by atoms with Crippen LogP contribution in [-0.2, 0) is 13.0 Å². The van der Waals surface area contributed by atoms with Gasteiger partial charge >= 0.3 is 0 Å². The molecule has 1 aromatic heterocycles. The Morgan fingerprint density at radius 2 is 2.22 bits per heavy atom. The molecule has 94 valence electrons. The first-order valence-electron chi connectivity index (χ1n) is 6.39. The summed E-state index contributed by atoms with van der Waals surface area (Å²) in [5.41, 5.74) is 3.63. The molecular formula is C14H16ClN3. The van der Waals surface area contributed by atoms with E-state index in [0.717, 1.165) is 37.3 Å². The SMILES string of the molecule is Clc1ncnc2c1CN(CC1=CCCC=C1)CC2. The van der Waals surface area contributed by atoms with Crippen molar-refractivity contribution in [2.24, 2.45) is 0 Å². The van der Waals surface area contributed by atoms with E-state index in [2.05, 4.69) is 33.1 Å². The molecule has 0 spiro atoms. The molecular weight excluding hydrogens is 246 g/mol. The second-order valence-electron chi connectivity index (χ2n) is 4.81. The average Bonchev–Trinajstić information content (AvgIpc) is 2.41.